The van der Waals surface area contributed by atoms with Crippen molar-refractivity contribution in [2.45, 2.75) is 25.5 Å². The van der Waals surface area contributed by atoms with Crippen LogP contribution in [-0.4, -0.2) is 35.8 Å². The molecule has 3 aromatic rings. The Kier molecular flexibility index (Phi) is 6.27. The maximum atomic E-state index is 5.85. The van der Waals surface area contributed by atoms with Gasteiger partial charge in [0, 0.05) is 29.9 Å². The number of pyridine rings is 2. The minimum atomic E-state index is 0.459. The number of nitrogens with one attached hydrogen (secondary N) is 1. The predicted octanol–water partition coefficient (Wildman–Crippen LogP) is 3.64. The third kappa shape index (κ3) is 5.15. The van der Waals surface area contributed by atoms with Crippen LogP contribution < -0.4 is 10.1 Å². The van der Waals surface area contributed by atoms with Gasteiger partial charge in [0.25, 0.3) is 0 Å². The van der Waals surface area contributed by atoms with E-state index in [0.29, 0.717) is 25.9 Å². The minimum absolute atomic E-state index is 0.459. The van der Waals surface area contributed by atoms with Crippen LogP contribution in [0.3, 0.4) is 0 Å². The number of ether oxygens (including phenoxy) is 2. The highest BCUT2D eigenvalue weighted by molar-refractivity contribution is 5.59. The summed E-state index contributed by atoms with van der Waals surface area (Å²) in [5.41, 5.74) is 4.06. The maximum Gasteiger partial charge on any atom is 0.138 e. The van der Waals surface area contributed by atoms with E-state index < -0.39 is 0 Å². The number of rotatable bonds is 9. The zero-order valence-corrected chi connectivity index (χ0v) is 15.9. The van der Waals surface area contributed by atoms with Crippen LogP contribution in [0.25, 0.3) is 11.3 Å². The summed E-state index contributed by atoms with van der Waals surface area (Å²) in [5, 5.41) is 3.33. The Labute approximate surface area is 165 Å². The monoisotopic (exact) mass is 375 g/mol. The molecule has 144 valence electrons. The van der Waals surface area contributed by atoms with Gasteiger partial charge in [-0.3, -0.25) is 9.97 Å². The van der Waals surface area contributed by atoms with Crippen molar-refractivity contribution in [1.82, 2.24) is 15.3 Å². The second kappa shape index (κ2) is 9.44. The van der Waals surface area contributed by atoms with Gasteiger partial charge in [-0.2, -0.15) is 0 Å². The van der Waals surface area contributed by atoms with Gasteiger partial charge < -0.3 is 14.8 Å². The number of nitrogens with zero attached hydrogens (tertiary/aromatic N) is 2. The first-order valence-corrected chi connectivity index (χ1v) is 9.76. The van der Waals surface area contributed by atoms with Gasteiger partial charge in [0.05, 0.1) is 25.1 Å². The molecule has 28 heavy (non-hydrogen) atoms. The van der Waals surface area contributed by atoms with E-state index in [1.165, 1.54) is 12.0 Å². The molecular weight excluding hydrogens is 350 g/mol. The van der Waals surface area contributed by atoms with Gasteiger partial charge in [-0.25, -0.2) is 0 Å². The summed E-state index contributed by atoms with van der Waals surface area (Å²) in [4.78, 5) is 9.07. The van der Waals surface area contributed by atoms with Gasteiger partial charge in [-0.05, 0) is 36.7 Å². The molecule has 1 atom stereocenters. The first-order valence-electron chi connectivity index (χ1n) is 9.76. The predicted molar refractivity (Wildman–Crippen MR) is 109 cm³/mol. The molecule has 0 radical (unpaired) electrons. The van der Waals surface area contributed by atoms with Crippen LogP contribution in [0.15, 0.2) is 67.0 Å². The van der Waals surface area contributed by atoms with Crippen LogP contribution in [0, 0.1) is 0 Å². The van der Waals surface area contributed by atoms with E-state index in [-0.39, 0.29) is 0 Å². The molecule has 1 aromatic carbocycles. The minimum Gasteiger partial charge on any atom is -0.490 e. The van der Waals surface area contributed by atoms with Crippen LogP contribution in [0.1, 0.15) is 17.7 Å². The van der Waals surface area contributed by atoms with E-state index in [0.717, 1.165) is 35.7 Å². The summed E-state index contributed by atoms with van der Waals surface area (Å²) in [7, 11) is 0. The van der Waals surface area contributed by atoms with Crippen molar-refractivity contribution in [1.29, 1.82) is 0 Å². The van der Waals surface area contributed by atoms with E-state index in [9.17, 15) is 0 Å². The summed E-state index contributed by atoms with van der Waals surface area (Å²) in [5.74, 6) is 0.782. The topological polar surface area (TPSA) is 56.3 Å². The molecule has 0 amide bonds. The van der Waals surface area contributed by atoms with E-state index in [1.54, 1.807) is 6.20 Å². The number of aromatic nitrogens is 2. The Hall–Kier alpha value is -2.76. The van der Waals surface area contributed by atoms with Crippen LogP contribution in [0.4, 0.5) is 0 Å². The quantitative estimate of drug-likeness (QED) is 0.579. The fourth-order valence-electron chi connectivity index (χ4n) is 3.05. The summed E-state index contributed by atoms with van der Waals surface area (Å²) >= 11 is 0. The standard InChI is InChI=1S/C23H25N3O2/c1-2-5-18(6-3-1)16-27-12-10-20-7-4-8-23(26-20)19-13-22(15-24-14-19)28-17-21-9-11-25-21/h1-8,13-15,21,25H,9-12,16-17H2/t21-/m0/s1. The molecule has 0 spiro atoms. The van der Waals surface area contributed by atoms with Gasteiger partial charge in [0.1, 0.15) is 12.4 Å². The van der Waals surface area contributed by atoms with Crippen molar-refractivity contribution in [3.63, 3.8) is 0 Å². The average Bonchev–Trinajstić information content (AvgIpc) is 2.71. The molecule has 0 bridgehead atoms. The number of benzene rings is 1. The van der Waals surface area contributed by atoms with Crippen LogP contribution >= 0.6 is 0 Å². The lowest BCUT2D eigenvalue weighted by Gasteiger charge is -2.27. The zero-order chi connectivity index (χ0) is 19.0. The highest BCUT2D eigenvalue weighted by Gasteiger charge is 2.16. The largest absolute Gasteiger partial charge is 0.490 e. The Bertz CT molecular complexity index is 882. The molecule has 5 heteroatoms. The zero-order valence-electron chi connectivity index (χ0n) is 15.9. The smallest absolute Gasteiger partial charge is 0.138 e. The van der Waals surface area contributed by atoms with Crippen molar-refractivity contribution in [2.24, 2.45) is 0 Å². The van der Waals surface area contributed by atoms with Crippen LogP contribution in [0.5, 0.6) is 5.75 Å². The molecule has 4 rings (SSSR count). The molecule has 3 heterocycles. The third-order valence-corrected chi connectivity index (χ3v) is 4.81. The van der Waals surface area contributed by atoms with Crippen LogP contribution in [0.2, 0.25) is 0 Å². The van der Waals surface area contributed by atoms with Crippen molar-refractivity contribution in [2.75, 3.05) is 19.8 Å². The first kappa shape index (κ1) is 18.6. The molecule has 0 unspecified atom stereocenters. The Morgan fingerprint density at radius 3 is 2.75 bits per heavy atom. The van der Waals surface area contributed by atoms with Crippen molar-refractivity contribution >= 4 is 0 Å². The van der Waals surface area contributed by atoms with Gasteiger partial charge in [-0.1, -0.05) is 36.4 Å². The summed E-state index contributed by atoms with van der Waals surface area (Å²) < 4.78 is 11.6. The number of hydrogen-bond donors (Lipinski definition) is 1. The van der Waals surface area contributed by atoms with Crippen LogP contribution in [-0.2, 0) is 17.8 Å². The van der Waals surface area contributed by atoms with Crippen molar-refractivity contribution in [3.05, 3.63) is 78.2 Å². The molecule has 1 aliphatic rings. The van der Waals surface area contributed by atoms with Gasteiger partial charge in [-0.15, -0.1) is 0 Å². The lowest BCUT2D eigenvalue weighted by atomic mass is 10.1. The highest BCUT2D eigenvalue weighted by Crippen LogP contribution is 2.22. The fraction of sp³-hybridized carbons (Fsp3) is 0.304. The first-order chi connectivity index (χ1) is 13.9. The fourth-order valence-corrected chi connectivity index (χ4v) is 3.05. The summed E-state index contributed by atoms with van der Waals surface area (Å²) in [6.07, 6.45) is 5.52. The lowest BCUT2D eigenvalue weighted by Crippen LogP contribution is -2.46. The SMILES string of the molecule is c1ccc(COCCc2cccc(-c3cncc(OC[C@@H]4CCN4)c3)n2)cc1. The summed E-state index contributed by atoms with van der Waals surface area (Å²) in [6, 6.07) is 18.7. The molecule has 1 saturated heterocycles. The Balaban J connectivity index is 1.32. The summed E-state index contributed by atoms with van der Waals surface area (Å²) in [6.45, 7) is 3.02. The Morgan fingerprint density at radius 2 is 1.93 bits per heavy atom. The van der Waals surface area contributed by atoms with Crippen molar-refractivity contribution in [3.8, 4) is 17.0 Å². The second-order valence-electron chi connectivity index (χ2n) is 6.96. The van der Waals surface area contributed by atoms with Gasteiger partial charge >= 0.3 is 0 Å². The molecule has 0 aliphatic carbocycles. The van der Waals surface area contributed by atoms with E-state index in [2.05, 4.69) is 22.4 Å². The normalized spacial score (nSPS) is 15.8. The van der Waals surface area contributed by atoms with Crippen molar-refractivity contribution < 1.29 is 9.47 Å². The highest BCUT2D eigenvalue weighted by atomic mass is 16.5. The molecule has 1 N–H and O–H groups in total. The second-order valence-corrected chi connectivity index (χ2v) is 6.96. The lowest BCUT2D eigenvalue weighted by molar-refractivity contribution is 0.123. The average molecular weight is 375 g/mol. The maximum absolute atomic E-state index is 5.85. The molecule has 1 aliphatic heterocycles. The molecule has 2 aromatic heterocycles. The molecule has 5 nitrogen and oxygen atoms in total. The third-order valence-electron chi connectivity index (χ3n) is 4.81. The van der Waals surface area contributed by atoms with E-state index >= 15 is 0 Å². The molecular formula is C23H25N3O2. The van der Waals surface area contributed by atoms with E-state index in [1.807, 2.05) is 48.7 Å². The molecule has 1 fully saturated rings. The van der Waals surface area contributed by atoms with Gasteiger partial charge in [0.15, 0.2) is 0 Å². The Morgan fingerprint density at radius 1 is 1.04 bits per heavy atom. The van der Waals surface area contributed by atoms with Gasteiger partial charge in [0.2, 0.25) is 0 Å². The number of hydrogen-bond acceptors (Lipinski definition) is 5. The molecule has 0 saturated carbocycles. The van der Waals surface area contributed by atoms with E-state index in [4.69, 9.17) is 14.5 Å².